The molecule has 0 radical (unpaired) electrons. The molecule has 1 fully saturated rings. The van der Waals surface area contributed by atoms with Gasteiger partial charge in [0.1, 0.15) is 5.75 Å². The first-order valence-electron chi connectivity index (χ1n) is 12.1. The van der Waals surface area contributed by atoms with Gasteiger partial charge in [-0.2, -0.15) is 0 Å². The van der Waals surface area contributed by atoms with Gasteiger partial charge in [0.2, 0.25) is 0 Å². The monoisotopic (exact) mass is 509 g/mol. The van der Waals surface area contributed by atoms with Crippen LogP contribution in [0.5, 0.6) is 5.75 Å². The van der Waals surface area contributed by atoms with E-state index in [1.165, 1.54) is 0 Å². The Morgan fingerprint density at radius 3 is 2.58 bits per heavy atom. The molecule has 1 aromatic heterocycles. The molecule has 2 N–H and O–H groups in total. The summed E-state index contributed by atoms with van der Waals surface area (Å²) in [6.45, 7) is 1.88. The molecule has 4 rings (SSSR count). The maximum absolute atomic E-state index is 12.0. The molecule has 0 aliphatic carbocycles. The number of fused-ring (bicyclic) bond motifs is 1. The van der Waals surface area contributed by atoms with Gasteiger partial charge in [-0.05, 0) is 56.5 Å². The summed E-state index contributed by atoms with van der Waals surface area (Å²) < 4.78 is 8.96. The number of thiazole rings is 1. The fourth-order valence-corrected chi connectivity index (χ4v) is 5.71. The standard InChI is InChI=1S/C27H31N3O5S/c1-29-22-11-5-6-12-24(22)36-27(29)28-19-13-15-30(23(17-19)21(26(33)34)18-25(31)32)14-7-8-16-35-20-9-3-2-4-10-20/h2-6,9-12,18-19,23H,7-8,13-17H2,1H3,(H,31,32)(H,33,34). The first-order chi connectivity index (χ1) is 17.4. The summed E-state index contributed by atoms with van der Waals surface area (Å²) in [5, 5.41) is 19.2. The van der Waals surface area contributed by atoms with E-state index in [9.17, 15) is 19.8 Å². The lowest BCUT2D eigenvalue weighted by Crippen LogP contribution is -2.47. The van der Waals surface area contributed by atoms with Crippen LogP contribution in [-0.2, 0) is 16.6 Å². The number of aliphatic carboxylic acids is 2. The third-order valence-electron chi connectivity index (χ3n) is 6.43. The van der Waals surface area contributed by atoms with Crippen molar-refractivity contribution >= 4 is 33.5 Å². The quantitative estimate of drug-likeness (QED) is 0.317. The van der Waals surface area contributed by atoms with E-state index < -0.39 is 18.0 Å². The average Bonchev–Trinajstić information content (AvgIpc) is 3.18. The molecule has 1 aliphatic heterocycles. The molecule has 0 spiro atoms. The highest BCUT2D eigenvalue weighted by Gasteiger charge is 2.34. The van der Waals surface area contributed by atoms with Crippen molar-refractivity contribution in [3.05, 3.63) is 71.0 Å². The number of rotatable bonds is 10. The lowest BCUT2D eigenvalue weighted by atomic mass is 9.91. The summed E-state index contributed by atoms with van der Waals surface area (Å²) in [6.07, 6.45) is 3.71. The minimum absolute atomic E-state index is 0.0938. The topological polar surface area (TPSA) is 104 Å². The van der Waals surface area contributed by atoms with Gasteiger partial charge >= 0.3 is 11.9 Å². The zero-order chi connectivity index (χ0) is 25.5. The SMILES string of the molecule is Cn1c(=NC2CCN(CCCCOc3ccccc3)C(C(=CC(=O)O)C(=O)O)C2)sc2ccccc21. The number of likely N-dealkylation sites (tertiary alicyclic amines) is 1. The Balaban J connectivity index is 1.47. The molecule has 0 bridgehead atoms. The maximum Gasteiger partial charge on any atom is 0.333 e. The third-order valence-corrected chi connectivity index (χ3v) is 7.56. The lowest BCUT2D eigenvalue weighted by molar-refractivity contribution is -0.136. The Kier molecular flexibility index (Phi) is 8.56. The summed E-state index contributed by atoms with van der Waals surface area (Å²) in [5.41, 5.74) is 1.01. The van der Waals surface area contributed by atoms with E-state index in [4.69, 9.17) is 9.73 Å². The summed E-state index contributed by atoms with van der Waals surface area (Å²) in [6, 6.07) is 17.1. The molecular formula is C27H31N3O5S. The van der Waals surface area contributed by atoms with Crippen molar-refractivity contribution in [2.45, 2.75) is 37.8 Å². The number of aryl methyl sites for hydroxylation is 1. The van der Waals surface area contributed by atoms with Crippen molar-refractivity contribution in [1.29, 1.82) is 0 Å². The van der Waals surface area contributed by atoms with Gasteiger partial charge in [-0.15, -0.1) is 0 Å². The zero-order valence-corrected chi connectivity index (χ0v) is 21.1. The number of hydrogen-bond acceptors (Lipinski definition) is 6. The van der Waals surface area contributed by atoms with E-state index in [2.05, 4.69) is 21.6 Å². The lowest BCUT2D eigenvalue weighted by Gasteiger charge is -2.38. The van der Waals surface area contributed by atoms with Crippen molar-refractivity contribution in [2.24, 2.45) is 12.0 Å². The predicted molar refractivity (Wildman–Crippen MR) is 139 cm³/mol. The van der Waals surface area contributed by atoms with E-state index >= 15 is 0 Å². The zero-order valence-electron chi connectivity index (χ0n) is 20.2. The molecule has 8 nitrogen and oxygen atoms in total. The van der Waals surface area contributed by atoms with E-state index in [1.807, 2.05) is 49.5 Å². The van der Waals surface area contributed by atoms with Crippen molar-refractivity contribution in [3.63, 3.8) is 0 Å². The highest BCUT2D eigenvalue weighted by atomic mass is 32.1. The van der Waals surface area contributed by atoms with Crippen molar-refractivity contribution in [1.82, 2.24) is 9.47 Å². The number of para-hydroxylation sites is 2. The van der Waals surface area contributed by atoms with Crippen LogP contribution in [0.4, 0.5) is 0 Å². The molecule has 9 heteroatoms. The predicted octanol–water partition coefficient (Wildman–Crippen LogP) is 3.93. The van der Waals surface area contributed by atoms with E-state index in [1.54, 1.807) is 11.3 Å². The largest absolute Gasteiger partial charge is 0.494 e. The molecule has 1 aliphatic rings. The molecule has 190 valence electrons. The van der Waals surface area contributed by atoms with Crippen LogP contribution < -0.4 is 9.54 Å². The minimum Gasteiger partial charge on any atom is -0.494 e. The number of unbranched alkanes of at least 4 members (excludes halogenated alkanes) is 1. The third kappa shape index (κ3) is 6.41. The molecule has 2 unspecified atom stereocenters. The van der Waals surface area contributed by atoms with Gasteiger partial charge in [-0.3, -0.25) is 9.89 Å². The number of piperidine rings is 1. The van der Waals surface area contributed by atoms with Crippen LogP contribution in [0.1, 0.15) is 25.7 Å². The molecule has 2 aromatic carbocycles. The van der Waals surface area contributed by atoms with E-state index in [-0.39, 0.29) is 11.6 Å². The summed E-state index contributed by atoms with van der Waals surface area (Å²) >= 11 is 1.61. The molecule has 3 aromatic rings. The van der Waals surface area contributed by atoms with Gasteiger partial charge in [-0.25, -0.2) is 9.59 Å². The Morgan fingerprint density at radius 2 is 1.86 bits per heavy atom. The Bertz CT molecular complexity index is 1300. The molecule has 36 heavy (non-hydrogen) atoms. The summed E-state index contributed by atoms with van der Waals surface area (Å²) in [7, 11) is 1.98. The second kappa shape index (κ2) is 12.0. The fraction of sp³-hybridized carbons (Fsp3) is 0.370. The van der Waals surface area contributed by atoms with Gasteiger partial charge < -0.3 is 19.5 Å². The van der Waals surface area contributed by atoms with Crippen molar-refractivity contribution in [3.8, 4) is 5.75 Å². The van der Waals surface area contributed by atoms with E-state index in [0.29, 0.717) is 26.1 Å². The first kappa shape index (κ1) is 25.7. The van der Waals surface area contributed by atoms with Crippen LogP contribution in [0.25, 0.3) is 10.2 Å². The fourth-order valence-electron chi connectivity index (χ4n) is 4.62. The van der Waals surface area contributed by atoms with Crippen LogP contribution in [0.2, 0.25) is 0 Å². The maximum atomic E-state index is 12.0. The molecular weight excluding hydrogens is 478 g/mol. The number of carbonyl (C=O) groups is 2. The minimum atomic E-state index is -1.25. The number of nitrogens with zero attached hydrogens (tertiary/aromatic N) is 3. The second-order valence-electron chi connectivity index (χ2n) is 8.88. The van der Waals surface area contributed by atoms with Crippen LogP contribution in [0, 0.1) is 0 Å². The van der Waals surface area contributed by atoms with Gasteiger partial charge in [0.05, 0.1) is 28.4 Å². The molecule has 0 amide bonds. The van der Waals surface area contributed by atoms with E-state index in [0.717, 1.165) is 46.1 Å². The summed E-state index contributed by atoms with van der Waals surface area (Å²) in [5.74, 6) is -1.63. The van der Waals surface area contributed by atoms with Crippen LogP contribution >= 0.6 is 11.3 Å². The normalized spacial score (nSPS) is 19.5. The second-order valence-corrected chi connectivity index (χ2v) is 9.89. The van der Waals surface area contributed by atoms with Crippen LogP contribution in [-0.4, -0.2) is 63.4 Å². The van der Waals surface area contributed by atoms with Gasteiger partial charge in [-0.1, -0.05) is 41.7 Å². The highest BCUT2D eigenvalue weighted by molar-refractivity contribution is 7.16. The van der Waals surface area contributed by atoms with Crippen LogP contribution in [0.15, 0.2) is 71.2 Å². The Morgan fingerprint density at radius 1 is 1.11 bits per heavy atom. The van der Waals surface area contributed by atoms with Crippen LogP contribution in [0.3, 0.4) is 0 Å². The van der Waals surface area contributed by atoms with Gasteiger partial charge in [0.25, 0.3) is 0 Å². The molecule has 2 heterocycles. The smallest absolute Gasteiger partial charge is 0.333 e. The number of carboxylic acid groups (broad SMARTS) is 2. The molecule has 1 saturated heterocycles. The average molecular weight is 510 g/mol. The van der Waals surface area contributed by atoms with Crippen molar-refractivity contribution < 1.29 is 24.5 Å². The first-order valence-corrected chi connectivity index (χ1v) is 12.9. The number of aromatic nitrogens is 1. The number of benzene rings is 2. The highest BCUT2D eigenvalue weighted by Crippen LogP contribution is 2.27. The molecule has 2 atom stereocenters. The number of ether oxygens (including phenoxy) is 1. The van der Waals surface area contributed by atoms with Gasteiger partial charge in [0.15, 0.2) is 4.80 Å². The van der Waals surface area contributed by atoms with Crippen molar-refractivity contribution in [2.75, 3.05) is 19.7 Å². The summed E-state index contributed by atoms with van der Waals surface area (Å²) in [4.78, 5) is 31.4. The van der Waals surface area contributed by atoms with Gasteiger partial charge in [0, 0.05) is 25.7 Å². The Labute approximate surface area is 213 Å². The number of carboxylic acids is 2. The Hall–Kier alpha value is -3.43. The molecule has 0 saturated carbocycles. The number of hydrogen-bond donors (Lipinski definition) is 2.